The molecule has 0 aliphatic heterocycles. The zero-order valence-electron chi connectivity index (χ0n) is 13.4. The number of nitrogens with zero attached hydrogens (tertiary/aromatic N) is 1. The Morgan fingerprint density at radius 3 is 2.45 bits per heavy atom. The molecule has 0 aliphatic rings. The summed E-state index contributed by atoms with van der Waals surface area (Å²) in [5.74, 6) is 0.609. The molecular weight excluding hydrogens is 280 g/mol. The molecule has 5 heteroatoms. The Morgan fingerprint density at radius 2 is 1.91 bits per heavy atom. The lowest BCUT2D eigenvalue weighted by Gasteiger charge is -2.16. The van der Waals surface area contributed by atoms with E-state index in [0.29, 0.717) is 11.7 Å². The van der Waals surface area contributed by atoms with Crippen molar-refractivity contribution in [1.82, 2.24) is 4.90 Å². The van der Waals surface area contributed by atoms with Crippen LogP contribution in [-0.2, 0) is 9.59 Å². The fourth-order valence-electron chi connectivity index (χ4n) is 1.69. The maximum absolute atomic E-state index is 11.9. The normalized spacial score (nSPS) is 10.9. The first-order valence-electron chi connectivity index (χ1n) is 7.33. The van der Waals surface area contributed by atoms with Crippen molar-refractivity contribution in [3.8, 4) is 5.75 Å². The van der Waals surface area contributed by atoms with Gasteiger partial charge in [0, 0.05) is 19.7 Å². The average molecular weight is 304 g/mol. The topological polar surface area (TPSA) is 72.6 Å². The molecule has 5 nitrogen and oxygen atoms in total. The molecule has 0 radical (unpaired) electrons. The third-order valence-corrected chi connectivity index (χ3v) is 3.10. The summed E-state index contributed by atoms with van der Waals surface area (Å²) in [4.78, 5) is 24.3. The number of carbonyl (C=O) groups excluding carboxylic acids is 2. The molecule has 120 valence electrons. The first-order chi connectivity index (χ1) is 10.4. The highest BCUT2D eigenvalue weighted by Gasteiger charge is 2.05. The standard InChI is InChI=1S/C17H24N2O3/c1-13(2)10-11-19(3)17(21)9-6-14-4-7-15(8-5-14)22-12-16(18)20/h4-9,13H,10-12H2,1-3H3,(H2,18,20)/b9-6+. The molecule has 0 atom stereocenters. The number of likely N-dealkylation sites (N-methyl/N-ethyl adjacent to an activating group) is 1. The highest BCUT2D eigenvalue weighted by molar-refractivity contribution is 5.91. The van der Waals surface area contributed by atoms with Crippen LogP contribution in [0.15, 0.2) is 30.3 Å². The molecule has 1 aromatic rings. The zero-order valence-corrected chi connectivity index (χ0v) is 13.4. The van der Waals surface area contributed by atoms with Gasteiger partial charge < -0.3 is 15.4 Å². The second kappa shape index (κ2) is 8.87. The van der Waals surface area contributed by atoms with E-state index in [1.54, 1.807) is 36.2 Å². The van der Waals surface area contributed by atoms with E-state index < -0.39 is 5.91 Å². The predicted octanol–water partition coefficient (Wildman–Crippen LogP) is 2.07. The third kappa shape index (κ3) is 6.92. The Hall–Kier alpha value is -2.30. The van der Waals surface area contributed by atoms with Crippen molar-refractivity contribution >= 4 is 17.9 Å². The molecule has 0 aromatic heterocycles. The molecule has 2 N–H and O–H groups in total. The number of ether oxygens (including phenoxy) is 1. The second-order valence-electron chi connectivity index (χ2n) is 5.60. The maximum atomic E-state index is 11.9. The Balaban J connectivity index is 2.51. The van der Waals surface area contributed by atoms with E-state index in [1.165, 1.54) is 0 Å². The lowest BCUT2D eigenvalue weighted by Crippen LogP contribution is -2.26. The van der Waals surface area contributed by atoms with Crippen molar-refractivity contribution in [2.75, 3.05) is 20.2 Å². The highest BCUT2D eigenvalue weighted by atomic mass is 16.5. The fourth-order valence-corrected chi connectivity index (χ4v) is 1.69. The van der Waals surface area contributed by atoms with E-state index in [1.807, 2.05) is 12.1 Å². The molecule has 22 heavy (non-hydrogen) atoms. The molecule has 0 saturated heterocycles. The average Bonchev–Trinajstić information content (AvgIpc) is 2.49. The molecule has 0 fully saturated rings. The number of benzene rings is 1. The van der Waals surface area contributed by atoms with Gasteiger partial charge >= 0.3 is 0 Å². The van der Waals surface area contributed by atoms with Gasteiger partial charge in [0.25, 0.3) is 5.91 Å². The van der Waals surface area contributed by atoms with Crippen LogP contribution < -0.4 is 10.5 Å². The number of primary amides is 1. The van der Waals surface area contributed by atoms with Crippen LogP contribution in [-0.4, -0.2) is 36.9 Å². The van der Waals surface area contributed by atoms with Gasteiger partial charge in [-0.2, -0.15) is 0 Å². The summed E-state index contributed by atoms with van der Waals surface area (Å²) in [6.45, 7) is 4.88. The molecule has 0 aliphatic carbocycles. The molecule has 0 heterocycles. The summed E-state index contributed by atoms with van der Waals surface area (Å²) in [7, 11) is 1.80. The first-order valence-corrected chi connectivity index (χ1v) is 7.33. The number of nitrogens with two attached hydrogens (primary N) is 1. The lowest BCUT2D eigenvalue weighted by molar-refractivity contribution is -0.124. The van der Waals surface area contributed by atoms with Gasteiger partial charge in [-0.1, -0.05) is 26.0 Å². The van der Waals surface area contributed by atoms with E-state index in [0.717, 1.165) is 18.5 Å². The van der Waals surface area contributed by atoms with Crippen LogP contribution in [0.4, 0.5) is 0 Å². The van der Waals surface area contributed by atoms with Gasteiger partial charge in [-0.25, -0.2) is 0 Å². The van der Waals surface area contributed by atoms with E-state index >= 15 is 0 Å². The zero-order chi connectivity index (χ0) is 16.5. The van der Waals surface area contributed by atoms with Gasteiger partial charge in [-0.3, -0.25) is 9.59 Å². The van der Waals surface area contributed by atoms with Gasteiger partial charge in [-0.15, -0.1) is 0 Å². The molecule has 0 unspecified atom stereocenters. The van der Waals surface area contributed by atoms with Crippen LogP contribution >= 0.6 is 0 Å². The van der Waals surface area contributed by atoms with E-state index in [2.05, 4.69) is 13.8 Å². The molecular formula is C17H24N2O3. The quantitative estimate of drug-likeness (QED) is 0.747. The van der Waals surface area contributed by atoms with E-state index in [-0.39, 0.29) is 12.5 Å². The van der Waals surface area contributed by atoms with Crippen molar-refractivity contribution in [3.05, 3.63) is 35.9 Å². The number of carbonyl (C=O) groups is 2. The SMILES string of the molecule is CC(C)CCN(C)C(=O)/C=C/c1ccc(OCC(N)=O)cc1. The predicted molar refractivity (Wildman–Crippen MR) is 87.3 cm³/mol. The van der Waals surface area contributed by atoms with Gasteiger partial charge in [0.15, 0.2) is 6.61 Å². The molecule has 0 spiro atoms. The van der Waals surface area contributed by atoms with Crippen LogP contribution in [0.2, 0.25) is 0 Å². The minimum absolute atomic E-state index is 0.0188. The Bertz CT molecular complexity index is 521. The second-order valence-corrected chi connectivity index (χ2v) is 5.60. The Morgan fingerprint density at radius 1 is 1.27 bits per heavy atom. The summed E-state index contributed by atoms with van der Waals surface area (Å²) >= 11 is 0. The highest BCUT2D eigenvalue weighted by Crippen LogP contribution is 2.13. The monoisotopic (exact) mass is 304 g/mol. The minimum Gasteiger partial charge on any atom is -0.484 e. The number of amides is 2. The molecule has 0 bridgehead atoms. The van der Waals surface area contributed by atoms with Crippen LogP contribution in [0.3, 0.4) is 0 Å². The van der Waals surface area contributed by atoms with Crippen molar-refractivity contribution in [2.24, 2.45) is 11.7 Å². The summed E-state index contributed by atoms with van der Waals surface area (Å²) in [6.07, 6.45) is 4.30. The van der Waals surface area contributed by atoms with Gasteiger partial charge in [-0.05, 0) is 36.1 Å². The lowest BCUT2D eigenvalue weighted by atomic mass is 10.1. The van der Waals surface area contributed by atoms with E-state index in [4.69, 9.17) is 10.5 Å². The number of rotatable bonds is 8. The van der Waals surface area contributed by atoms with Gasteiger partial charge in [0.2, 0.25) is 5.91 Å². The Labute approximate surface area is 131 Å². The van der Waals surface area contributed by atoms with E-state index in [9.17, 15) is 9.59 Å². The van der Waals surface area contributed by atoms with Crippen LogP contribution in [0.1, 0.15) is 25.8 Å². The first kappa shape index (κ1) is 17.8. The fraction of sp³-hybridized carbons (Fsp3) is 0.412. The number of hydrogen-bond acceptors (Lipinski definition) is 3. The Kier molecular flexibility index (Phi) is 7.16. The van der Waals surface area contributed by atoms with Crippen molar-refractivity contribution in [3.63, 3.8) is 0 Å². The minimum atomic E-state index is -0.515. The van der Waals surface area contributed by atoms with Crippen LogP contribution in [0.5, 0.6) is 5.75 Å². The van der Waals surface area contributed by atoms with Gasteiger partial charge in [0.05, 0.1) is 0 Å². The smallest absolute Gasteiger partial charge is 0.255 e. The van der Waals surface area contributed by atoms with Crippen LogP contribution in [0.25, 0.3) is 6.08 Å². The third-order valence-electron chi connectivity index (χ3n) is 3.10. The summed E-state index contributed by atoms with van der Waals surface area (Å²) in [5, 5.41) is 0. The van der Waals surface area contributed by atoms with Crippen LogP contribution in [0, 0.1) is 5.92 Å². The molecule has 0 saturated carbocycles. The summed E-state index contributed by atoms with van der Waals surface area (Å²) in [6, 6.07) is 7.09. The summed E-state index contributed by atoms with van der Waals surface area (Å²) in [5.41, 5.74) is 5.89. The molecule has 1 aromatic carbocycles. The number of hydrogen-bond donors (Lipinski definition) is 1. The van der Waals surface area contributed by atoms with Crippen molar-refractivity contribution in [1.29, 1.82) is 0 Å². The molecule has 1 rings (SSSR count). The van der Waals surface area contributed by atoms with Gasteiger partial charge in [0.1, 0.15) is 5.75 Å². The van der Waals surface area contributed by atoms with Crippen molar-refractivity contribution < 1.29 is 14.3 Å². The molecule has 2 amide bonds. The largest absolute Gasteiger partial charge is 0.484 e. The summed E-state index contributed by atoms with van der Waals surface area (Å²) < 4.78 is 5.17. The van der Waals surface area contributed by atoms with Crippen molar-refractivity contribution in [2.45, 2.75) is 20.3 Å². The maximum Gasteiger partial charge on any atom is 0.255 e.